The molecule has 2 aromatic heterocycles. The second-order valence-electron chi connectivity index (χ2n) is 5.23. The summed E-state index contributed by atoms with van der Waals surface area (Å²) in [7, 11) is 0. The quantitative estimate of drug-likeness (QED) is 0.801. The van der Waals surface area contributed by atoms with Crippen LogP contribution in [0.15, 0.2) is 46.6 Å². The van der Waals surface area contributed by atoms with Crippen molar-refractivity contribution in [3.8, 4) is 0 Å². The molecule has 1 amide bonds. The van der Waals surface area contributed by atoms with Crippen molar-refractivity contribution < 1.29 is 4.79 Å². The van der Waals surface area contributed by atoms with E-state index in [-0.39, 0.29) is 23.2 Å². The molecule has 6 heteroatoms. The van der Waals surface area contributed by atoms with Gasteiger partial charge in [0.2, 0.25) is 0 Å². The number of nitrogens with zero attached hydrogens (tertiary/aromatic N) is 2. The normalized spacial score (nSPS) is 12.3. The minimum Gasteiger partial charge on any atom is -0.343 e. The molecule has 2 heterocycles. The third kappa shape index (κ3) is 2.90. The van der Waals surface area contributed by atoms with E-state index in [1.807, 2.05) is 31.4 Å². The second-order valence-corrected chi connectivity index (χ2v) is 6.20. The Morgan fingerprint density at radius 1 is 1.26 bits per heavy atom. The first-order valence-electron chi connectivity index (χ1n) is 7.46. The minimum absolute atomic E-state index is 0.106. The highest BCUT2D eigenvalue weighted by molar-refractivity contribution is 7.10. The Bertz CT molecular complexity index is 900. The maximum absolute atomic E-state index is 12.7. The number of hydrogen-bond acceptors (Lipinski definition) is 4. The first-order chi connectivity index (χ1) is 11.1. The predicted molar refractivity (Wildman–Crippen MR) is 91.9 cm³/mol. The summed E-state index contributed by atoms with van der Waals surface area (Å²) in [6.45, 7) is 4.19. The van der Waals surface area contributed by atoms with Gasteiger partial charge in [0.05, 0.1) is 11.4 Å². The van der Waals surface area contributed by atoms with Gasteiger partial charge in [0, 0.05) is 16.8 Å². The largest absolute Gasteiger partial charge is 0.343 e. The summed E-state index contributed by atoms with van der Waals surface area (Å²) in [6.07, 6.45) is 0. The van der Waals surface area contributed by atoms with Gasteiger partial charge in [0.25, 0.3) is 11.5 Å². The molecule has 1 aromatic carbocycles. The number of rotatable bonds is 4. The first kappa shape index (κ1) is 15.4. The molecule has 0 saturated carbocycles. The number of carbonyl (C=O) groups excluding carboxylic acids is 1. The van der Waals surface area contributed by atoms with E-state index in [0.29, 0.717) is 17.3 Å². The van der Waals surface area contributed by atoms with E-state index in [4.69, 9.17) is 0 Å². The van der Waals surface area contributed by atoms with Gasteiger partial charge < -0.3 is 5.32 Å². The summed E-state index contributed by atoms with van der Waals surface area (Å²) in [5.74, 6) is -0.274. The maximum atomic E-state index is 12.7. The van der Waals surface area contributed by atoms with E-state index in [0.717, 1.165) is 4.88 Å². The molecule has 3 aromatic rings. The smallest absolute Gasteiger partial charge is 0.274 e. The second kappa shape index (κ2) is 6.34. The molecule has 3 rings (SSSR count). The monoisotopic (exact) mass is 327 g/mol. The summed E-state index contributed by atoms with van der Waals surface area (Å²) in [5.41, 5.74) is 0.108. The Morgan fingerprint density at radius 3 is 2.65 bits per heavy atom. The Labute approximate surface area is 137 Å². The SMILES string of the molecule is CCn1nc(C(=O)N[C@H](C)c2cccs2)c2ccccc2c1=O. The number of fused-ring (bicyclic) bond motifs is 1. The molecule has 0 aliphatic heterocycles. The Balaban J connectivity index is 2.03. The number of amides is 1. The molecule has 0 saturated heterocycles. The zero-order valence-corrected chi connectivity index (χ0v) is 13.8. The zero-order valence-electron chi connectivity index (χ0n) is 12.9. The van der Waals surface area contributed by atoms with Gasteiger partial charge >= 0.3 is 0 Å². The lowest BCUT2D eigenvalue weighted by Crippen LogP contribution is -2.31. The van der Waals surface area contributed by atoms with Crippen LogP contribution in [-0.4, -0.2) is 15.7 Å². The highest BCUT2D eigenvalue weighted by atomic mass is 32.1. The molecule has 0 radical (unpaired) electrons. The van der Waals surface area contributed by atoms with Crippen LogP contribution in [0.25, 0.3) is 10.8 Å². The van der Waals surface area contributed by atoms with Crippen molar-refractivity contribution in [1.82, 2.24) is 15.1 Å². The van der Waals surface area contributed by atoms with Crippen molar-refractivity contribution in [2.45, 2.75) is 26.4 Å². The van der Waals surface area contributed by atoms with Gasteiger partial charge in [-0.05, 0) is 31.4 Å². The fourth-order valence-electron chi connectivity index (χ4n) is 2.49. The molecule has 0 aliphatic carbocycles. The average Bonchev–Trinajstić information content (AvgIpc) is 3.10. The molecule has 1 N–H and O–H groups in total. The molecule has 0 bridgehead atoms. The number of nitrogens with one attached hydrogen (secondary N) is 1. The number of benzene rings is 1. The molecule has 5 nitrogen and oxygen atoms in total. The molecule has 23 heavy (non-hydrogen) atoms. The number of aromatic nitrogens is 2. The van der Waals surface area contributed by atoms with Crippen LogP contribution < -0.4 is 10.9 Å². The van der Waals surface area contributed by atoms with Gasteiger partial charge in [-0.1, -0.05) is 24.3 Å². The molecule has 0 aliphatic rings. The van der Waals surface area contributed by atoms with Crippen molar-refractivity contribution >= 4 is 28.0 Å². The molecule has 118 valence electrons. The van der Waals surface area contributed by atoms with Crippen molar-refractivity contribution in [2.24, 2.45) is 0 Å². The van der Waals surface area contributed by atoms with Gasteiger partial charge in [-0.2, -0.15) is 5.10 Å². The van der Waals surface area contributed by atoms with E-state index in [1.54, 1.807) is 35.6 Å². The summed E-state index contributed by atoms with van der Waals surface area (Å²) < 4.78 is 1.33. The van der Waals surface area contributed by atoms with Crippen LogP contribution >= 0.6 is 11.3 Å². The molecule has 0 spiro atoms. The van der Waals surface area contributed by atoms with Crippen LogP contribution in [0.1, 0.15) is 35.3 Å². The van der Waals surface area contributed by atoms with E-state index in [1.165, 1.54) is 4.68 Å². The summed E-state index contributed by atoms with van der Waals surface area (Å²) in [6, 6.07) is 10.9. The zero-order chi connectivity index (χ0) is 16.4. The van der Waals surface area contributed by atoms with Crippen LogP contribution in [0.3, 0.4) is 0 Å². The fourth-order valence-corrected chi connectivity index (χ4v) is 3.23. The maximum Gasteiger partial charge on any atom is 0.274 e. The third-order valence-corrected chi connectivity index (χ3v) is 4.75. The van der Waals surface area contributed by atoms with Gasteiger partial charge in [0.1, 0.15) is 0 Å². The topological polar surface area (TPSA) is 64.0 Å². The summed E-state index contributed by atoms with van der Waals surface area (Å²) >= 11 is 1.59. The molecular weight excluding hydrogens is 310 g/mol. The van der Waals surface area contributed by atoms with E-state index < -0.39 is 0 Å². The number of thiophene rings is 1. The Kier molecular flexibility index (Phi) is 4.25. The van der Waals surface area contributed by atoms with E-state index in [2.05, 4.69) is 10.4 Å². The predicted octanol–water partition coefficient (Wildman–Crippen LogP) is 2.97. The lowest BCUT2D eigenvalue weighted by atomic mass is 10.1. The van der Waals surface area contributed by atoms with Crippen LogP contribution in [0.2, 0.25) is 0 Å². The van der Waals surface area contributed by atoms with Gasteiger partial charge in [-0.15, -0.1) is 11.3 Å². The molecule has 0 fully saturated rings. The van der Waals surface area contributed by atoms with Crippen LogP contribution in [0.4, 0.5) is 0 Å². The first-order valence-corrected chi connectivity index (χ1v) is 8.34. The minimum atomic E-state index is -0.274. The van der Waals surface area contributed by atoms with Gasteiger partial charge in [-0.3, -0.25) is 9.59 Å². The van der Waals surface area contributed by atoms with Crippen LogP contribution in [-0.2, 0) is 6.54 Å². The Hall–Kier alpha value is -2.47. The average molecular weight is 327 g/mol. The van der Waals surface area contributed by atoms with E-state index in [9.17, 15) is 9.59 Å². The fraction of sp³-hybridized carbons (Fsp3) is 0.235. The highest BCUT2D eigenvalue weighted by Gasteiger charge is 2.18. The molecular formula is C17H17N3O2S. The van der Waals surface area contributed by atoms with Crippen LogP contribution in [0, 0.1) is 0 Å². The lowest BCUT2D eigenvalue weighted by molar-refractivity contribution is 0.0935. The van der Waals surface area contributed by atoms with Crippen molar-refractivity contribution in [2.75, 3.05) is 0 Å². The third-order valence-electron chi connectivity index (χ3n) is 3.70. The molecule has 0 unspecified atom stereocenters. The van der Waals surface area contributed by atoms with Crippen molar-refractivity contribution in [3.05, 3.63) is 62.7 Å². The van der Waals surface area contributed by atoms with Gasteiger partial charge in [0.15, 0.2) is 5.69 Å². The number of aryl methyl sites for hydroxylation is 1. The van der Waals surface area contributed by atoms with Gasteiger partial charge in [-0.25, -0.2) is 4.68 Å². The summed E-state index contributed by atoms with van der Waals surface area (Å²) in [4.78, 5) is 26.0. The van der Waals surface area contributed by atoms with Crippen molar-refractivity contribution in [1.29, 1.82) is 0 Å². The van der Waals surface area contributed by atoms with E-state index >= 15 is 0 Å². The number of hydrogen-bond donors (Lipinski definition) is 1. The summed E-state index contributed by atoms with van der Waals surface area (Å²) in [5, 5.41) is 10.3. The highest BCUT2D eigenvalue weighted by Crippen LogP contribution is 2.19. The Morgan fingerprint density at radius 2 is 2.00 bits per heavy atom. The standard InChI is InChI=1S/C17H17N3O2S/c1-3-20-17(22)13-8-5-4-7-12(13)15(19-20)16(21)18-11(2)14-9-6-10-23-14/h4-11H,3H2,1-2H3,(H,18,21)/t11-/m1/s1. The number of carbonyl (C=O) groups is 1. The van der Waals surface area contributed by atoms with Crippen molar-refractivity contribution in [3.63, 3.8) is 0 Å². The molecule has 1 atom stereocenters. The lowest BCUT2D eigenvalue weighted by Gasteiger charge is -2.14. The van der Waals surface area contributed by atoms with Crippen LogP contribution in [0.5, 0.6) is 0 Å².